The highest BCUT2D eigenvalue weighted by atomic mass is 16.7. The largest absolute Gasteiger partial charge is 0.454 e. The minimum atomic E-state index is -0.528. The second kappa shape index (κ2) is 5.32. The summed E-state index contributed by atoms with van der Waals surface area (Å²) in [7, 11) is 0. The summed E-state index contributed by atoms with van der Waals surface area (Å²) in [6.07, 6.45) is 0.364. The first kappa shape index (κ1) is 12.8. The lowest BCUT2D eigenvalue weighted by Crippen LogP contribution is -2.35. The van der Waals surface area contributed by atoms with Crippen molar-refractivity contribution in [2.24, 2.45) is 0 Å². The van der Waals surface area contributed by atoms with Crippen LogP contribution in [-0.4, -0.2) is 49.6 Å². The van der Waals surface area contributed by atoms with Crippen molar-refractivity contribution in [1.82, 2.24) is 0 Å². The molecule has 0 bridgehead atoms. The van der Waals surface area contributed by atoms with Crippen LogP contribution >= 0.6 is 0 Å². The quantitative estimate of drug-likeness (QED) is 0.518. The standard InChI is InChI=1S/C12H14O6/c1-3-9(13)17-7-5-15-12-8(6-16-11(7)12)18-10(14)4-2/h3-4,7-8,11-12H,1-2,5-6H2. The maximum absolute atomic E-state index is 11.1. The van der Waals surface area contributed by atoms with Gasteiger partial charge >= 0.3 is 11.9 Å². The van der Waals surface area contributed by atoms with E-state index in [0.717, 1.165) is 12.2 Å². The van der Waals surface area contributed by atoms with Crippen LogP contribution in [0.25, 0.3) is 0 Å². The van der Waals surface area contributed by atoms with E-state index in [4.69, 9.17) is 18.9 Å². The Morgan fingerprint density at radius 2 is 1.33 bits per heavy atom. The summed E-state index contributed by atoms with van der Waals surface area (Å²) in [5.41, 5.74) is 0. The number of ether oxygens (including phenoxy) is 4. The van der Waals surface area contributed by atoms with E-state index in [-0.39, 0.29) is 13.2 Å². The van der Waals surface area contributed by atoms with Crippen molar-refractivity contribution >= 4 is 11.9 Å². The first-order valence-electron chi connectivity index (χ1n) is 5.55. The average molecular weight is 254 g/mol. The molecular formula is C12H14O6. The Morgan fingerprint density at radius 1 is 0.944 bits per heavy atom. The summed E-state index contributed by atoms with van der Waals surface area (Å²) in [6, 6.07) is 0. The molecule has 2 saturated heterocycles. The van der Waals surface area contributed by atoms with E-state index in [1.165, 1.54) is 0 Å². The van der Waals surface area contributed by atoms with E-state index in [1.54, 1.807) is 0 Å². The molecule has 0 N–H and O–H groups in total. The van der Waals surface area contributed by atoms with E-state index >= 15 is 0 Å². The summed E-state index contributed by atoms with van der Waals surface area (Å²) in [5, 5.41) is 0. The molecule has 0 aromatic rings. The molecular weight excluding hydrogens is 240 g/mol. The van der Waals surface area contributed by atoms with E-state index in [0.29, 0.717) is 0 Å². The zero-order valence-electron chi connectivity index (χ0n) is 9.74. The second-order valence-electron chi connectivity index (χ2n) is 3.95. The van der Waals surface area contributed by atoms with Gasteiger partial charge in [-0.3, -0.25) is 0 Å². The third-order valence-electron chi connectivity index (χ3n) is 2.83. The van der Waals surface area contributed by atoms with Gasteiger partial charge in [-0.1, -0.05) is 13.2 Å². The predicted octanol–water partition coefficient (Wildman–Crippen LogP) is -0.0204. The fourth-order valence-corrected chi connectivity index (χ4v) is 2.03. The maximum atomic E-state index is 11.1. The van der Waals surface area contributed by atoms with Gasteiger partial charge in [0.15, 0.2) is 12.2 Å². The smallest absolute Gasteiger partial charge is 0.330 e. The molecule has 4 atom stereocenters. The van der Waals surface area contributed by atoms with Crippen molar-refractivity contribution in [3.05, 3.63) is 25.3 Å². The molecule has 98 valence electrons. The van der Waals surface area contributed by atoms with Gasteiger partial charge in [0.05, 0.1) is 13.2 Å². The molecule has 0 spiro atoms. The number of carbonyl (C=O) groups excluding carboxylic acids is 2. The van der Waals surface area contributed by atoms with Crippen molar-refractivity contribution in [1.29, 1.82) is 0 Å². The van der Waals surface area contributed by atoms with Gasteiger partial charge in [-0.25, -0.2) is 9.59 Å². The monoisotopic (exact) mass is 254 g/mol. The molecule has 2 fully saturated rings. The van der Waals surface area contributed by atoms with Gasteiger partial charge in [0.25, 0.3) is 0 Å². The van der Waals surface area contributed by atoms with Crippen LogP contribution in [0, 0.1) is 0 Å². The Hall–Kier alpha value is -1.66. The second-order valence-corrected chi connectivity index (χ2v) is 3.95. The fourth-order valence-electron chi connectivity index (χ4n) is 2.03. The summed E-state index contributed by atoms with van der Waals surface area (Å²) in [5.74, 6) is -1.06. The Bertz CT molecular complexity index is 341. The van der Waals surface area contributed by atoms with Crippen LogP contribution in [0.5, 0.6) is 0 Å². The molecule has 6 nitrogen and oxygen atoms in total. The maximum Gasteiger partial charge on any atom is 0.330 e. The summed E-state index contributed by atoms with van der Waals surface area (Å²) < 4.78 is 21.1. The van der Waals surface area contributed by atoms with Crippen LogP contribution in [0.3, 0.4) is 0 Å². The van der Waals surface area contributed by atoms with Crippen molar-refractivity contribution in [2.45, 2.75) is 24.4 Å². The van der Waals surface area contributed by atoms with E-state index < -0.39 is 36.4 Å². The Kier molecular flexibility index (Phi) is 3.78. The highest BCUT2D eigenvalue weighted by Crippen LogP contribution is 2.30. The summed E-state index contributed by atoms with van der Waals surface area (Å²) in [6.45, 7) is 7.07. The van der Waals surface area contributed by atoms with Crippen LogP contribution in [-0.2, 0) is 28.5 Å². The lowest BCUT2D eigenvalue weighted by molar-refractivity contribution is -0.149. The summed E-state index contributed by atoms with van der Waals surface area (Å²) >= 11 is 0. The first-order valence-corrected chi connectivity index (χ1v) is 5.55. The molecule has 0 radical (unpaired) electrons. The minimum Gasteiger partial charge on any atom is -0.454 e. The van der Waals surface area contributed by atoms with Crippen LogP contribution in [0.15, 0.2) is 25.3 Å². The number of esters is 2. The Balaban J connectivity index is 1.94. The molecule has 4 unspecified atom stereocenters. The van der Waals surface area contributed by atoms with Crippen molar-refractivity contribution in [3.8, 4) is 0 Å². The van der Waals surface area contributed by atoms with Crippen molar-refractivity contribution < 1.29 is 28.5 Å². The normalized spacial score (nSPS) is 33.6. The molecule has 2 heterocycles. The average Bonchev–Trinajstić information content (AvgIpc) is 2.93. The highest BCUT2D eigenvalue weighted by molar-refractivity contribution is 5.81. The van der Waals surface area contributed by atoms with E-state index in [9.17, 15) is 9.59 Å². The van der Waals surface area contributed by atoms with E-state index in [1.807, 2.05) is 0 Å². The topological polar surface area (TPSA) is 71.1 Å². The molecule has 2 aliphatic rings. The van der Waals surface area contributed by atoms with Gasteiger partial charge in [0.1, 0.15) is 12.2 Å². The van der Waals surface area contributed by atoms with Gasteiger partial charge < -0.3 is 18.9 Å². The molecule has 0 aliphatic carbocycles. The van der Waals surface area contributed by atoms with Crippen LogP contribution in [0.4, 0.5) is 0 Å². The zero-order valence-corrected chi connectivity index (χ0v) is 9.74. The van der Waals surface area contributed by atoms with Gasteiger partial charge in [-0.2, -0.15) is 0 Å². The van der Waals surface area contributed by atoms with Crippen LogP contribution < -0.4 is 0 Å². The molecule has 2 rings (SSSR count). The molecule has 0 aromatic heterocycles. The van der Waals surface area contributed by atoms with Gasteiger partial charge in [0.2, 0.25) is 0 Å². The van der Waals surface area contributed by atoms with Gasteiger partial charge in [0, 0.05) is 12.2 Å². The number of rotatable bonds is 4. The number of hydrogen-bond acceptors (Lipinski definition) is 6. The number of fused-ring (bicyclic) bond motifs is 1. The predicted molar refractivity (Wildman–Crippen MR) is 59.6 cm³/mol. The number of carbonyl (C=O) groups is 2. The van der Waals surface area contributed by atoms with Gasteiger partial charge in [-0.05, 0) is 0 Å². The van der Waals surface area contributed by atoms with Crippen molar-refractivity contribution in [3.63, 3.8) is 0 Å². The fraction of sp³-hybridized carbons (Fsp3) is 0.500. The molecule has 0 amide bonds. The molecule has 18 heavy (non-hydrogen) atoms. The third-order valence-corrected chi connectivity index (χ3v) is 2.83. The minimum absolute atomic E-state index is 0.219. The lowest BCUT2D eigenvalue weighted by atomic mass is 10.1. The highest BCUT2D eigenvalue weighted by Gasteiger charge is 2.50. The summed E-state index contributed by atoms with van der Waals surface area (Å²) in [4.78, 5) is 22.2. The molecule has 6 heteroatoms. The lowest BCUT2D eigenvalue weighted by Gasteiger charge is -2.16. The zero-order chi connectivity index (χ0) is 13.1. The van der Waals surface area contributed by atoms with E-state index in [2.05, 4.69) is 13.2 Å². The Morgan fingerprint density at radius 3 is 1.67 bits per heavy atom. The number of hydrogen-bond donors (Lipinski definition) is 0. The first-order chi connectivity index (χ1) is 8.65. The molecule has 2 aliphatic heterocycles. The molecule has 0 saturated carbocycles. The van der Waals surface area contributed by atoms with Crippen LogP contribution in [0.2, 0.25) is 0 Å². The SMILES string of the molecule is C=CC(=O)OC1COC2C(OC(=O)C=C)COC12. The van der Waals surface area contributed by atoms with Gasteiger partial charge in [-0.15, -0.1) is 0 Å². The van der Waals surface area contributed by atoms with Crippen LogP contribution in [0.1, 0.15) is 0 Å². The molecule has 0 aromatic carbocycles. The Labute approximate surface area is 104 Å². The third kappa shape index (κ3) is 2.44. The van der Waals surface area contributed by atoms with Crippen molar-refractivity contribution in [2.75, 3.05) is 13.2 Å².